The highest BCUT2D eigenvalue weighted by Crippen LogP contribution is 2.25. The lowest BCUT2D eigenvalue weighted by molar-refractivity contribution is -0.216. The predicted molar refractivity (Wildman–Crippen MR) is 117 cm³/mol. The Kier molecular flexibility index (Phi) is 11.7. The van der Waals surface area contributed by atoms with Gasteiger partial charge >= 0.3 is 5.97 Å². The molecule has 0 unspecified atom stereocenters. The zero-order valence-corrected chi connectivity index (χ0v) is 18.3. The van der Waals surface area contributed by atoms with Crippen LogP contribution in [0, 0.1) is 0 Å². The SMILES string of the molecule is CCCCCCC/C=C/[C@@H]1OC[C@@H](OCc2ccccc2)[C@H](OC)[C@@H]1OC(=O)CN. The van der Waals surface area contributed by atoms with Crippen molar-refractivity contribution in [2.24, 2.45) is 5.73 Å². The highest BCUT2D eigenvalue weighted by atomic mass is 16.6. The molecule has 6 nitrogen and oxygen atoms in total. The zero-order valence-electron chi connectivity index (χ0n) is 18.3. The van der Waals surface area contributed by atoms with E-state index in [4.69, 9.17) is 24.7 Å². The van der Waals surface area contributed by atoms with Gasteiger partial charge in [-0.15, -0.1) is 0 Å². The summed E-state index contributed by atoms with van der Waals surface area (Å²) in [5.74, 6) is -0.479. The van der Waals surface area contributed by atoms with Crippen LogP contribution in [0.1, 0.15) is 51.0 Å². The van der Waals surface area contributed by atoms with Crippen LogP contribution >= 0.6 is 0 Å². The molecule has 1 saturated heterocycles. The molecule has 1 aliphatic rings. The quantitative estimate of drug-likeness (QED) is 0.298. The number of ether oxygens (including phenoxy) is 4. The average Bonchev–Trinajstić information content (AvgIpc) is 2.78. The van der Waals surface area contributed by atoms with E-state index in [1.54, 1.807) is 7.11 Å². The maximum absolute atomic E-state index is 11.9. The van der Waals surface area contributed by atoms with Crippen molar-refractivity contribution in [3.63, 3.8) is 0 Å². The van der Waals surface area contributed by atoms with Gasteiger partial charge in [-0.25, -0.2) is 0 Å². The number of nitrogens with two attached hydrogens (primary N) is 1. The highest BCUT2D eigenvalue weighted by molar-refractivity contribution is 5.71. The molecule has 0 bridgehead atoms. The fourth-order valence-electron chi connectivity index (χ4n) is 3.60. The van der Waals surface area contributed by atoms with Gasteiger partial charge in [0, 0.05) is 7.11 Å². The summed E-state index contributed by atoms with van der Waals surface area (Å²) in [6.45, 7) is 2.83. The van der Waals surface area contributed by atoms with E-state index < -0.39 is 18.2 Å². The minimum Gasteiger partial charge on any atom is -0.455 e. The molecule has 1 fully saturated rings. The van der Waals surface area contributed by atoms with E-state index in [0.29, 0.717) is 13.2 Å². The second-order valence-electron chi connectivity index (χ2n) is 7.62. The number of methoxy groups -OCH3 is 1. The first kappa shape index (κ1) is 24.5. The third kappa shape index (κ3) is 8.19. The number of esters is 1. The molecule has 0 radical (unpaired) electrons. The van der Waals surface area contributed by atoms with Crippen LogP contribution in [0.25, 0.3) is 0 Å². The van der Waals surface area contributed by atoms with Crippen LogP contribution in [0.2, 0.25) is 0 Å². The van der Waals surface area contributed by atoms with E-state index in [0.717, 1.165) is 18.4 Å². The maximum Gasteiger partial charge on any atom is 0.320 e. The number of carbonyl (C=O) groups is 1. The molecule has 30 heavy (non-hydrogen) atoms. The van der Waals surface area contributed by atoms with Gasteiger partial charge in [-0.2, -0.15) is 0 Å². The van der Waals surface area contributed by atoms with Gasteiger partial charge in [-0.05, 0) is 18.4 Å². The molecule has 2 N–H and O–H groups in total. The summed E-state index contributed by atoms with van der Waals surface area (Å²) in [4.78, 5) is 11.9. The molecule has 0 spiro atoms. The molecule has 0 saturated carbocycles. The third-order valence-electron chi connectivity index (χ3n) is 5.28. The van der Waals surface area contributed by atoms with Crippen LogP contribution in [0.4, 0.5) is 0 Å². The van der Waals surface area contributed by atoms with Crippen molar-refractivity contribution in [3.05, 3.63) is 48.0 Å². The van der Waals surface area contributed by atoms with E-state index in [1.807, 2.05) is 36.4 Å². The van der Waals surface area contributed by atoms with Gasteiger partial charge < -0.3 is 24.7 Å². The Bertz CT molecular complexity index is 621. The van der Waals surface area contributed by atoms with Gasteiger partial charge in [0.05, 0.1) is 19.8 Å². The van der Waals surface area contributed by atoms with Crippen LogP contribution in [0.3, 0.4) is 0 Å². The minimum absolute atomic E-state index is 0.184. The fourth-order valence-corrected chi connectivity index (χ4v) is 3.60. The number of unbranched alkanes of at least 4 members (excludes halogenated alkanes) is 5. The Morgan fingerprint density at radius 3 is 2.63 bits per heavy atom. The van der Waals surface area contributed by atoms with Crippen LogP contribution in [0.15, 0.2) is 42.5 Å². The third-order valence-corrected chi connectivity index (χ3v) is 5.28. The summed E-state index contributed by atoms with van der Waals surface area (Å²) in [6, 6.07) is 9.92. The Balaban J connectivity index is 1.96. The van der Waals surface area contributed by atoms with Crippen LogP contribution in [0.5, 0.6) is 0 Å². The summed E-state index contributed by atoms with van der Waals surface area (Å²) >= 11 is 0. The fraction of sp³-hybridized carbons (Fsp3) is 0.625. The van der Waals surface area contributed by atoms with Crippen LogP contribution in [-0.2, 0) is 30.3 Å². The molecule has 1 aromatic carbocycles. The summed E-state index contributed by atoms with van der Waals surface area (Å²) in [5.41, 5.74) is 6.53. The Morgan fingerprint density at radius 2 is 1.93 bits per heavy atom. The number of rotatable bonds is 13. The number of hydrogen-bond donors (Lipinski definition) is 1. The topological polar surface area (TPSA) is 80.0 Å². The number of hydrogen-bond acceptors (Lipinski definition) is 6. The van der Waals surface area contributed by atoms with Gasteiger partial charge in [-0.3, -0.25) is 4.79 Å². The second kappa shape index (κ2) is 14.3. The average molecular weight is 420 g/mol. The van der Waals surface area contributed by atoms with Gasteiger partial charge in [0.15, 0.2) is 6.10 Å². The zero-order chi connectivity index (χ0) is 21.6. The molecule has 1 heterocycles. The van der Waals surface area contributed by atoms with Crippen LogP contribution in [-0.4, -0.2) is 50.6 Å². The van der Waals surface area contributed by atoms with Gasteiger partial charge in [0.1, 0.15) is 18.3 Å². The van der Waals surface area contributed by atoms with Crippen molar-refractivity contribution in [2.45, 2.75) is 76.5 Å². The van der Waals surface area contributed by atoms with Crippen molar-refractivity contribution < 1.29 is 23.7 Å². The number of allylic oxidation sites excluding steroid dienone is 1. The standard InChI is InChI=1S/C24H37NO5/c1-3-4-5-6-7-8-12-15-20-24(30-22(26)16-25)23(27-2)21(18-29-20)28-17-19-13-10-9-11-14-19/h9-15,20-21,23-24H,3-8,16-18,25H2,1-2H3/b15-12+/t20-,21+,23-,24+/m0/s1. The van der Waals surface area contributed by atoms with Crippen molar-refractivity contribution in [1.82, 2.24) is 0 Å². The number of benzene rings is 1. The first-order valence-electron chi connectivity index (χ1n) is 11.1. The molecule has 1 aliphatic heterocycles. The Hall–Kier alpha value is -1.73. The summed E-state index contributed by atoms with van der Waals surface area (Å²) in [7, 11) is 1.60. The lowest BCUT2D eigenvalue weighted by Crippen LogP contribution is -2.56. The lowest BCUT2D eigenvalue weighted by atomic mass is 9.98. The predicted octanol–water partition coefficient (Wildman–Crippen LogP) is 3.77. The van der Waals surface area contributed by atoms with Crippen molar-refractivity contribution in [1.29, 1.82) is 0 Å². The molecule has 0 amide bonds. The van der Waals surface area contributed by atoms with Gasteiger partial charge in [0.2, 0.25) is 0 Å². The van der Waals surface area contributed by atoms with E-state index in [1.165, 1.54) is 25.7 Å². The molecule has 1 aromatic rings. The summed E-state index contributed by atoms with van der Waals surface area (Å²) in [5, 5.41) is 0. The van der Waals surface area contributed by atoms with E-state index >= 15 is 0 Å². The molecule has 168 valence electrons. The van der Waals surface area contributed by atoms with Gasteiger partial charge in [0.25, 0.3) is 0 Å². The smallest absolute Gasteiger partial charge is 0.320 e. The molecule has 4 atom stereocenters. The first-order valence-corrected chi connectivity index (χ1v) is 11.1. The molecule has 0 aliphatic carbocycles. The van der Waals surface area contributed by atoms with Crippen molar-refractivity contribution >= 4 is 5.97 Å². The molecular weight excluding hydrogens is 382 g/mol. The highest BCUT2D eigenvalue weighted by Gasteiger charge is 2.43. The minimum atomic E-state index is -0.600. The van der Waals surface area contributed by atoms with Crippen molar-refractivity contribution in [2.75, 3.05) is 20.3 Å². The Morgan fingerprint density at radius 1 is 1.17 bits per heavy atom. The molecule has 0 aromatic heterocycles. The Labute approximate surface area is 180 Å². The largest absolute Gasteiger partial charge is 0.455 e. The molecule has 2 rings (SSSR count). The molecule has 6 heteroatoms. The summed E-state index contributed by atoms with van der Waals surface area (Å²) in [6.07, 6.45) is 9.48. The molecular formula is C24H37NO5. The number of carbonyl (C=O) groups excluding carboxylic acids is 1. The normalized spacial score (nSPS) is 24.2. The van der Waals surface area contributed by atoms with E-state index in [-0.39, 0.29) is 18.8 Å². The first-order chi connectivity index (χ1) is 14.7. The van der Waals surface area contributed by atoms with Crippen molar-refractivity contribution in [3.8, 4) is 0 Å². The maximum atomic E-state index is 11.9. The van der Waals surface area contributed by atoms with Gasteiger partial charge in [-0.1, -0.05) is 75.1 Å². The summed E-state index contributed by atoms with van der Waals surface area (Å²) < 4.78 is 23.4. The van der Waals surface area contributed by atoms with E-state index in [2.05, 4.69) is 13.0 Å². The van der Waals surface area contributed by atoms with Crippen LogP contribution < -0.4 is 5.73 Å². The lowest BCUT2D eigenvalue weighted by Gasteiger charge is -2.40. The van der Waals surface area contributed by atoms with E-state index in [9.17, 15) is 4.79 Å². The second-order valence-corrected chi connectivity index (χ2v) is 7.62. The monoisotopic (exact) mass is 419 g/mol.